The van der Waals surface area contributed by atoms with Gasteiger partial charge in [0.05, 0.1) is 6.61 Å². The predicted octanol–water partition coefficient (Wildman–Crippen LogP) is 2.60. The van der Waals surface area contributed by atoms with Gasteiger partial charge in [-0.15, -0.1) is 0 Å². The average Bonchev–Trinajstić information content (AvgIpc) is 2.48. The van der Waals surface area contributed by atoms with Crippen molar-refractivity contribution in [3.05, 3.63) is 41.0 Å². The number of hydrogen-bond acceptors (Lipinski definition) is 5. The first-order chi connectivity index (χ1) is 11.2. The Balaban J connectivity index is 2.66. The second kappa shape index (κ2) is 8.86. The molecule has 6 heteroatoms. The van der Waals surface area contributed by atoms with Crippen molar-refractivity contribution in [1.82, 2.24) is 0 Å². The molecule has 0 heterocycles. The fraction of sp³-hybridized carbons (Fsp3) is 0.389. The van der Waals surface area contributed by atoms with Crippen molar-refractivity contribution < 1.29 is 23.9 Å². The molecule has 1 atom stereocenters. The van der Waals surface area contributed by atoms with Crippen LogP contribution in [0.4, 0.5) is 5.69 Å². The van der Waals surface area contributed by atoms with Gasteiger partial charge in [0.1, 0.15) is 0 Å². The highest BCUT2D eigenvalue weighted by atomic mass is 16.5. The highest BCUT2D eigenvalue weighted by molar-refractivity contribution is 5.98. The summed E-state index contributed by atoms with van der Waals surface area (Å²) in [7, 11) is 0. The number of anilines is 1. The second-order valence-corrected chi connectivity index (χ2v) is 5.43. The van der Waals surface area contributed by atoms with Gasteiger partial charge in [0, 0.05) is 17.8 Å². The summed E-state index contributed by atoms with van der Waals surface area (Å²) in [4.78, 5) is 34.9. The van der Waals surface area contributed by atoms with Crippen molar-refractivity contribution in [3.8, 4) is 0 Å². The summed E-state index contributed by atoms with van der Waals surface area (Å²) in [5.41, 5.74) is 3.67. The third kappa shape index (κ3) is 5.87. The number of aryl methyl sites for hydroxylation is 3. The molecule has 0 unspecified atom stereocenters. The van der Waals surface area contributed by atoms with Crippen molar-refractivity contribution in [2.24, 2.45) is 0 Å². The monoisotopic (exact) mass is 333 g/mol. The zero-order valence-electron chi connectivity index (χ0n) is 14.6. The average molecular weight is 333 g/mol. The molecule has 0 fully saturated rings. The molecule has 130 valence electrons. The zero-order chi connectivity index (χ0) is 18.3. The number of ether oxygens (including phenoxy) is 2. The third-order valence-corrected chi connectivity index (χ3v) is 3.23. The second-order valence-electron chi connectivity index (χ2n) is 5.43. The molecule has 0 saturated heterocycles. The summed E-state index contributed by atoms with van der Waals surface area (Å²) >= 11 is 0. The minimum atomic E-state index is -0.996. The lowest BCUT2D eigenvalue weighted by molar-refractivity contribution is -0.148. The van der Waals surface area contributed by atoms with Gasteiger partial charge in [0.25, 0.3) is 5.91 Å². The molecule has 0 spiro atoms. The number of amides is 1. The summed E-state index contributed by atoms with van der Waals surface area (Å²) in [6.07, 6.45) is 0.902. The molecular formula is C18H23NO5. The number of carbonyl (C=O) groups is 3. The molecule has 1 aromatic carbocycles. The van der Waals surface area contributed by atoms with E-state index in [1.807, 2.05) is 32.9 Å². The Bertz CT molecular complexity index is 640. The van der Waals surface area contributed by atoms with Crippen LogP contribution in [0.3, 0.4) is 0 Å². The number of rotatable bonds is 6. The van der Waals surface area contributed by atoms with Crippen LogP contribution in [-0.4, -0.2) is 30.6 Å². The molecule has 0 aliphatic rings. The molecule has 1 N–H and O–H groups in total. The molecule has 0 aliphatic heterocycles. The molecule has 6 nitrogen and oxygen atoms in total. The van der Waals surface area contributed by atoms with E-state index >= 15 is 0 Å². The van der Waals surface area contributed by atoms with Crippen LogP contribution in [0.5, 0.6) is 0 Å². The molecule has 1 rings (SSSR count). The lowest BCUT2D eigenvalue weighted by Crippen LogP contribution is -2.30. The molecular weight excluding hydrogens is 310 g/mol. The minimum absolute atomic E-state index is 0.215. The number of benzene rings is 1. The lowest BCUT2D eigenvalue weighted by Gasteiger charge is -2.16. The number of nitrogens with one attached hydrogen (secondary N) is 1. The van der Waals surface area contributed by atoms with E-state index in [4.69, 9.17) is 4.74 Å². The quantitative estimate of drug-likeness (QED) is 0.639. The van der Waals surface area contributed by atoms with E-state index in [9.17, 15) is 14.4 Å². The SMILES string of the molecule is CCOC(=O)/C=C/C(=O)O[C@@H](C)C(=O)Nc1c(C)cc(C)cc1C. The van der Waals surface area contributed by atoms with Crippen molar-refractivity contribution in [3.63, 3.8) is 0 Å². The van der Waals surface area contributed by atoms with Gasteiger partial charge in [0.15, 0.2) is 6.10 Å². The maximum absolute atomic E-state index is 12.2. The topological polar surface area (TPSA) is 81.7 Å². The number of esters is 2. The fourth-order valence-corrected chi connectivity index (χ4v) is 2.20. The van der Waals surface area contributed by atoms with Crippen LogP contribution in [0, 0.1) is 20.8 Å². The molecule has 1 amide bonds. The lowest BCUT2D eigenvalue weighted by atomic mass is 10.0. The zero-order valence-corrected chi connectivity index (χ0v) is 14.6. The first-order valence-corrected chi connectivity index (χ1v) is 7.68. The number of carbonyl (C=O) groups excluding carboxylic acids is 3. The van der Waals surface area contributed by atoms with E-state index in [2.05, 4.69) is 10.1 Å². The molecule has 0 bridgehead atoms. The Hall–Kier alpha value is -2.63. The van der Waals surface area contributed by atoms with Gasteiger partial charge < -0.3 is 14.8 Å². The Kier molecular flexibility index (Phi) is 7.17. The Morgan fingerprint density at radius 2 is 1.62 bits per heavy atom. The summed E-state index contributed by atoms with van der Waals surface area (Å²) in [5, 5.41) is 2.76. The largest absolute Gasteiger partial charge is 0.463 e. The van der Waals surface area contributed by atoms with E-state index in [0.717, 1.165) is 28.8 Å². The van der Waals surface area contributed by atoms with Crippen LogP contribution in [0.2, 0.25) is 0 Å². The standard InChI is InChI=1S/C18H23NO5/c1-6-23-15(20)7-8-16(21)24-14(5)18(22)19-17-12(3)9-11(2)10-13(17)4/h7-10,14H,6H2,1-5H3,(H,19,22)/b8-7+/t14-/m0/s1. The third-order valence-electron chi connectivity index (χ3n) is 3.23. The van der Waals surface area contributed by atoms with Crippen LogP contribution in [0.25, 0.3) is 0 Å². The van der Waals surface area contributed by atoms with Gasteiger partial charge >= 0.3 is 11.9 Å². The highest BCUT2D eigenvalue weighted by Crippen LogP contribution is 2.22. The highest BCUT2D eigenvalue weighted by Gasteiger charge is 2.18. The summed E-state index contributed by atoms with van der Waals surface area (Å²) in [5.74, 6) is -1.87. The van der Waals surface area contributed by atoms with E-state index in [0.29, 0.717) is 5.69 Å². The van der Waals surface area contributed by atoms with Crippen molar-refractivity contribution in [2.45, 2.75) is 40.7 Å². The maximum Gasteiger partial charge on any atom is 0.331 e. The van der Waals surface area contributed by atoms with Gasteiger partial charge in [-0.1, -0.05) is 17.7 Å². The van der Waals surface area contributed by atoms with Crippen LogP contribution in [-0.2, 0) is 23.9 Å². The van der Waals surface area contributed by atoms with Gasteiger partial charge in [-0.2, -0.15) is 0 Å². The molecule has 0 radical (unpaired) electrons. The fourth-order valence-electron chi connectivity index (χ4n) is 2.20. The van der Waals surface area contributed by atoms with E-state index in [1.165, 1.54) is 6.92 Å². The first-order valence-electron chi connectivity index (χ1n) is 7.68. The smallest absolute Gasteiger partial charge is 0.331 e. The van der Waals surface area contributed by atoms with Crippen LogP contribution >= 0.6 is 0 Å². The summed E-state index contributed by atoms with van der Waals surface area (Å²) in [6, 6.07) is 3.92. The summed E-state index contributed by atoms with van der Waals surface area (Å²) < 4.78 is 9.62. The van der Waals surface area contributed by atoms with E-state index in [1.54, 1.807) is 6.92 Å². The van der Waals surface area contributed by atoms with E-state index in [-0.39, 0.29) is 6.61 Å². The Morgan fingerprint density at radius 1 is 1.08 bits per heavy atom. The Morgan fingerprint density at radius 3 is 2.17 bits per heavy atom. The van der Waals surface area contributed by atoms with Crippen LogP contribution in [0.15, 0.2) is 24.3 Å². The minimum Gasteiger partial charge on any atom is -0.463 e. The predicted molar refractivity (Wildman–Crippen MR) is 90.6 cm³/mol. The molecule has 24 heavy (non-hydrogen) atoms. The molecule has 1 aromatic rings. The normalized spacial score (nSPS) is 11.9. The van der Waals surface area contributed by atoms with Crippen molar-refractivity contribution in [2.75, 3.05) is 11.9 Å². The van der Waals surface area contributed by atoms with Crippen LogP contribution < -0.4 is 5.32 Å². The van der Waals surface area contributed by atoms with Crippen molar-refractivity contribution >= 4 is 23.5 Å². The first kappa shape index (κ1) is 19.4. The van der Waals surface area contributed by atoms with Crippen molar-refractivity contribution in [1.29, 1.82) is 0 Å². The van der Waals surface area contributed by atoms with Gasteiger partial charge in [-0.3, -0.25) is 4.79 Å². The Labute approximate surface area is 141 Å². The van der Waals surface area contributed by atoms with E-state index < -0.39 is 23.9 Å². The molecule has 0 saturated carbocycles. The molecule has 0 aromatic heterocycles. The van der Waals surface area contributed by atoms with Crippen LogP contribution in [0.1, 0.15) is 30.5 Å². The van der Waals surface area contributed by atoms with Gasteiger partial charge in [-0.05, 0) is 45.7 Å². The maximum atomic E-state index is 12.2. The van der Waals surface area contributed by atoms with Gasteiger partial charge in [0.2, 0.25) is 0 Å². The van der Waals surface area contributed by atoms with Gasteiger partial charge in [-0.25, -0.2) is 9.59 Å². The number of hydrogen-bond donors (Lipinski definition) is 1. The molecule has 0 aliphatic carbocycles. The summed E-state index contributed by atoms with van der Waals surface area (Å²) in [6.45, 7) is 9.11.